The second-order valence-electron chi connectivity index (χ2n) is 4.08. The highest BCUT2D eigenvalue weighted by Gasteiger charge is 2.40. The second-order valence-corrected chi connectivity index (χ2v) is 4.08. The second kappa shape index (κ2) is 5.55. The number of alkyl halides is 4. The van der Waals surface area contributed by atoms with Crippen molar-refractivity contribution in [3.05, 3.63) is 32.6 Å². The Bertz CT molecular complexity index is 565. The van der Waals surface area contributed by atoms with Crippen molar-refractivity contribution in [3.63, 3.8) is 0 Å². The summed E-state index contributed by atoms with van der Waals surface area (Å²) in [5.74, 6) is -4.16. The largest absolute Gasteiger partial charge is 0.330 e. The Hall–Kier alpha value is -1.64. The highest BCUT2D eigenvalue weighted by Crippen LogP contribution is 2.21. The molecular weight excluding hydrogens is 270 g/mol. The summed E-state index contributed by atoms with van der Waals surface area (Å²) >= 11 is 0. The summed E-state index contributed by atoms with van der Waals surface area (Å²) in [5.41, 5.74) is -1.18. The monoisotopic (exact) mass is 283 g/mol. The van der Waals surface area contributed by atoms with Crippen LogP contribution in [0.2, 0.25) is 0 Å². The number of rotatable bonds is 5. The van der Waals surface area contributed by atoms with Gasteiger partial charge < -0.3 is 9.88 Å². The van der Waals surface area contributed by atoms with Crippen LogP contribution in [0.15, 0.2) is 15.8 Å². The van der Waals surface area contributed by atoms with Gasteiger partial charge in [0.25, 0.3) is 5.56 Å². The van der Waals surface area contributed by atoms with Crippen LogP contribution in [0.4, 0.5) is 17.6 Å². The molecule has 1 aromatic heterocycles. The Morgan fingerprint density at radius 1 is 1.32 bits per heavy atom. The molecule has 108 valence electrons. The molecule has 0 aliphatic carbocycles. The van der Waals surface area contributed by atoms with Crippen LogP contribution >= 0.6 is 0 Å². The van der Waals surface area contributed by atoms with E-state index in [0.717, 1.165) is 9.13 Å². The lowest BCUT2D eigenvalue weighted by atomic mass is 10.3. The number of aryl methyl sites for hydroxylation is 1. The van der Waals surface area contributed by atoms with Crippen LogP contribution in [0.5, 0.6) is 0 Å². The van der Waals surface area contributed by atoms with Crippen molar-refractivity contribution in [1.82, 2.24) is 14.5 Å². The molecule has 1 heterocycles. The van der Waals surface area contributed by atoms with E-state index in [1.807, 2.05) is 0 Å². The minimum atomic E-state index is -4.16. The van der Waals surface area contributed by atoms with E-state index in [4.69, 9.17) is 0 Å². The van der Waals surface area contributed by atoms with E-state index in [0.29, 0.717) is 0 Å². The third kappa shape index (κ3) is 3.43. The molecule has 0 amide bonds. The fourth-order valence-electron chi connectivity index (χ4n) is 1.45. The molecule has 0 atom stereocenters. The normalized spacial score (nSPS) is 12.2. The van der Waals surface area contributed by atoms with Gasteiger partial charge in [-0.25, -0.2) is 13.6 Å². The summed E-state index contributed by atoms with van der Waals surface area (Å²) in [5, 5.41) is 2.08. The van der Waals surface area contributed by atoms with E-state index in [1.165, 1.54) is 20.3 Å². The van der Waals surface area contributed by atoms with Gasteiger partial charge in [-0.1, -0.05) is 0 Å². The fraction of sp³-hybridized carbons (Fsp3) is 0.600. The lowest BCUT2D eigenvalue weighted by molar-refractivity contribution is -0.125. The Labute approximate surface area is 105 Å². The predicted octanol–water partition coefficient (Wildman–Crippen LogP) is 0.0740. The van der Waals surface area contributed by atoms with Crippen molar-refractivity contribution in [3.8, 4) is 0 Å². The standard InChI is InChI=1S/C10H13F4N3O2/c1-16-4-6(7(18)17(2)9(16)19)3-15-5-10(13,14)8(11)12/h4,8,15H,3,5H2,1-2H3. The first-order chi connectivity index (χ1) is 8.66. The van der Waals surface area contributed by atoms with Crippen LogP contribution in [0.1, 0.15) is 5.56 Å². The summed E-state index contributed by atoms with van der Waals surface area (Å²) < 4.78 is 50.9. The van der Waals surface area contributed by atoms with Crippen LogP contribution in [-0.2, 0) is 20.6 Å². The van der Waals surface area contributed by atoms with E-state index in [9.17, 15) is 27.2 Å². The summed E-state index contributed by atoms with van der Waals surface area (Å²) in [7, 11) is 2.63. The lowest BCUT2D eigenvalue weighted by Gasteiger charge is -2.15. The quantitative estimate of drug-likeness (QED) is 0.778. The highest BCUT2D eigenvalue weighted by atomic mass is 19.3. The van der Waals surface area contributed by atoms with Gasteiger partial charge in [0, 0.05) is 32.4 Å². The van der Waals surface area contributed by atoms with Gasteiger partial charge in [-0.15, -0.1) is 0 Å². The SMILES string of the molecule is Cn1cc(CNCC(F)(F)C(F)F)c(=O)n(C)c1=O. The Morgan fingerprint density at radius 2 is 1.89 bits per heavy atom. The number of halogens is 4. The van der Waals surface area contributed by atoms with Crippen LogP contribution < -0.4 is 16.6 Å². The molecule has 1 rings (SSSR count). The average Bonchev–Trinajstić information content (AvgIpc) is 2.32. The topological polar surface area (TPSA) is 56.0 Å². The lowest BCUT2D eigenvalue weighted by Crippen LogP contribution is -2.42. The van der Waals surface area contributed by atoms with Gasteiger partial charge in [0.05, 0.1) is 6.54 Å². The summed E-state index contributed by atoms with van der Waals surface area (Å²) in [6, 6.07) is 0. The van der Waals surface area contributed by atoms with E-state index in [1.54, 1.807) is 0 Å². The molecule has 0 aliphatic heterocycles. The van der Waals surface area contributed by atoms with E-state index >= 15 is 0 Å². The number of hydrogen-bond donors (Lipinski definition) is 1. The predicted molar refractivity (Wildman–Crippen MR) is 59.6 cm³/mol. The number of nitrogens with zero attached hydrogens (tertiary/aromatic N) is 2. The molecule has 0 radical (unpaired) electrons. The maximum Gasteiger partial charge on any atom is 0.330 e. The summed E-state index contributed by atoms with van der Waals surface area (Å²) in [4.78, 5) is 23.0. The third-order valence-corrected chi connectivity index (χ3v) is 2.51. The molecular formula is C10H13F4N3O2. The van der Waals surface area contributed by atoms with Gasteiger partial charge in [0.2, 0.25) is 0 Å². The molecule has 0 saturated carbocycles. The average molecular weight is 283 g/mol. The molecule has 0 spiro atoms. The molecule has 0 fully saturated rings. The molecule has 1 aromatic rings. The first kappa shape index (κ1) is 15.4. The molecule has 0 aromatic carbocycles. The molecule has 9 heteroatoms. The Balaban J connectivity index is 2.81. The van der Waals surface area contributed by atoms with Crippen molar-refractivity contribution in [2.75, 3.05) is 6.54 Å². The summed E-state index contributed by atoms with van der Waals surface area (Å²) in [6.45, 7) is -1.58. The molecule has 0 unspecified atom stereocenters. The van der Waals surface area contributed by atoms with Gasteiger partial charge in [0.1, 0.15) is 0 Å². The first-order valence-electron chi connectivity index (χ1n) is 5.29. The van der Waals surface area contributed by atoms with Crippen molar-refractivity contribution < 1.29 is 17.6 Å². The fourth-order valence-corrected chi connectivity index (χ4v) is 1.45. The van der Waals surface area contributed by atoms with Crippen LogP contribution in [0, 0.1) is 0 Å². The number of aromatic nitrogens is 2. The molecule has 1 N–H and O–H groups in total. The zero-order valence-electron chi connectivity index (χ0n) is 10.3. The molecule has 0 bridgehead atoms. The van der Waals surface area contributed by atoms with E-state index in [2.05, 4.69) is 5.32 Å². The maximum absolute atomic E-state index is 12.6. The van der Waals surface area contributed by atoms with E-state index < -0.39 is 30.1 Å². The molecule has 0 aliphatic rings. The van der Waals surface area contributed by atoms with Crippen molar-refractivity contribution in [2.24, 2.45) is 14.1 Å². The van der Waals surface area contributed by atoms with Crippen molar-refractivity contribution in [1.29, 1.82) is 0 Å². The number of hydrogen-bond acceptors (Lipinski definition) is 3. The molecule has 19 heavy (non-hydrogen) atoms. The zero-order valence-corrected chi connectivity index (χ0v) is 10.3. The van der Waals surface area contributed by atoms with Crippen molar-refractivity contribution >= 4 is 0 Å². The zero-order chi connectivity index (χ0) is 14.8. The van der Waals surface area contributed by atoms with Crippen LogP contribution in [0.25, 0.3) is 0 Å². The third-order valence-electron chi connectivity index (χ3n) is 2.51. The molecule has 5 nitrogen and oxygen atoms in total. The minimum Gasteiger partial charge on any atom is -0.307 e. The maximum atomic E-state index is 12.6. The Kier molecular flexibility index (Phi) is 4.51. The highest BCUT2D eigenvalue weighted by molar-refractivity contribution is 5.05. The summed E-state index contributed by atoms with van der Waals surface area (Å²) in [6.07, 6.45) is -2.60. The van der Waals surface area contributed by atoms with Crippen LogP contribution in [-0.4, -0.2) is 28.0 Å². The van der Waals surface area contributed by atoms with Gasteiger partial charge in [0.15, 0.2) is 0 Å². The minimum absolute atomic E-state index is 0.0367. The van der Waals surface area contributed by atoms with Gasteiger partial charge in [-0.3, -0.25) is 9.36 Å². The smallest absolute Gasteiger partial charge is 0.307 e. The van der Waals surface area contributed by atoms with Crippen molar-refractivity contribution in [2.45, 2.75) is 18.9 Å². The Morgan fingerprint density at radius 3 is 2.42 bits per heavy atom. The van der Waals surface area contributed by atoms with Gasteiger partial charge >= 0.3 is 18.0 Å². The van der Waals surface area contributed by atoms with Crippen LogP contribution in [0.3, 0.4) is 0 Å². The molecule has 0 saturated heterocycles. The number of nitrogens with one attached hydrogen (secondary N) is 1. The van der Waals surface area contributed by atoms with E-state index in [-0.39, 0.29) is 12.1 Å². The van der Waals surface area contributed by atoms with Gasteiger partial charge in [-0.05, 0) is 0 Å². The van der Waals surface area contributed by atoms with Gasteiger partial charge in [-0.2, -0.15) is 8.78 Å². The first-order valence-corrected chi connectivity index (χ1v) is 5.29.